The van der Waals surface area contributed by atoms with Gasteiger partial charge >= 0.3 is 0 Å². The third-order valence-electron chi connectivity index (χ3n) is 6.20. The fourth-order valence-electron chi connectivity index (χ4n) is 4.45. The lowest BCUT2D eigenvalue weighted by Gasteiger charge is -2.26. The summed E-state index contributed by atoms with van der Waals surface area (Å²) >= 11 is 0. The Labute approximate surface area is 213 Å². The lowest BCUT2D eigenvalue weighted by atomic mass is 9.95. The summed E-state index contributed by atoms with van der Waals surface area (Å²) in [5.41, 5.74) is 2.53. The lowest BCUT2D eigenvalue weighted by molar-refractivity contribution is 0.105. The molecule has 0 N–H and O–H groups in total. The summed E-state index contributed by atoms with van der Waals surface area (Å²) in [6.07, 6.45) is 3.13. The Bertz CT molecular complexity index is 1410. The second kappa shape index (κ2) is 10.5. The first-order valence-corrected chi connectivity index (χ1v) is 13.0. The molecule has 0 spiro atoms. The van der Waals surface area contributed by atoms with Crippen molar-refractivity contribution in [2.75, 3.05) is 37.7 Å². The number of carbonyl (C=O) groups is 1. The van der Waals surface area contributed by atoms with Crippen molar-refractivity contribution < 1.29 is 26.7 Å². The van der Waals surface area contributed by atoms with Crippen molar-refractivity contribution in [1.29, 1.82) is 0 Å². The van der Waals surface area contributed by atoms with Crippen molar-refractivity contribution >= 4 is 39.2 Å². The van der Waals surface area contributed by atoms with E-state index in [9.17, 15) is 22.0 Å². The zero-order valence-corrected chi connectivity index (χ0v) is 20.7. The molecule has 0 bridgehead atoms. The van der Waals surface area contributed by atoms with E-state index in [1.165, 1.54) is 12.1 Å². The van der Waals surface area contributed by atoms with Crippen molar-refractivity contribution in [1.82, 2.24) is 9.88 Å². The summed E-state index contributed by atoms with van der Waals surface area (Å²) in [6, 6.07) is 11.7. The number of sulfone groups is 1. The Kier molecular flexibility index (Phi) is 7.54. The van der Waals surface area contributed by atoms with Crippen LogP contribution in [0.15, 0.2) is 60.9 Å². The molecule has 0 radical (unpaired) electrons. The summed E-state index contributed by atoms with van der Waals surface area (Å²) < 4.78 is 57.2. The minimum atomic E-state index is -2.94. The first-order chi connectivity index (χ1) is 16.8. The zero-order chi connectivity index (χ0) is 24.6. The molecular formula is C26H23ClF2N2O4S. The first-order valence-electron chi connectivity index (χ1n) is 11.2. The summed E-state index contributed by atoms with van der Waals surface area (Å²) in [4.78, 5) is 19.6. The Morgan fingerprint density at radius 2 is 1.64 bits per heavy atom. The molecule has 36 heavy (non-hydrogen) atoms. The molecule has 0 unspecified atom stereocenters. The number of pyridine rings is 1. The molecule has 3 aromatic rings. The van der Waals surface area contributed by atoms with E-state index in [0.717, 1.165) is 6.07 Å². The summed E-state index contributed by atoms with van der Waals surface area (Å²) in [5.74, 6) is -0.966. The zero-order valence-electron chi connectivity index (χ0n) is 19.1. The molecule has 2 aromatic carbocycles. The van der Waals surface area contributed by atoms with Gasteiger partial charge in [0.15, 0.2) is 15.6 Å². The maximum Gasteiger partial charge on any atom is 0.195 e. The molecule has 188 valence electrons. The van der Waals surface area contributed by atoms with Gasteiger partial charge in [0, 0.05) is 60.4 Å². The van der Waals surface area contributed by atoms with Gasteiger partial charge < -0.3 is 4.74 Å². The standard InChI is InChI=1S/C26H22F2N2O4S.ClH/c27-19-12-18(13-20(28)14-19)24-22-4-3-21(34-9-6-30-7-10-35(32,33)11-8-30)15-23(22)26(31)25(24)17-2-1-5-29-16-17;/h1-5,12-16H,6-11H2;1H. The van der Waals surface area contributed by atoms with Crippen LogP contribution in [-0.2, 0) is 9.84 Å². The van der Waals surface area contributed by atoms with E-state index >= 15 is 0 Å². The highest BCUT2D eigenvalue weighted by molar-refractivity contribution is 7.91. The van der Waals surface area contributed by atoms with Crippen LogP contribution in [0.25, 0.3) is 11.1 Å². The van der Waals surface area contributed by atoms with Gasteiger partial charge in [0.25, 0.3) is 0 Å². The highest BCUT2D eigenvalue weighted by Gasteiger charge is 2.32. The average molecular weight is 533 g/mol. The topological polar surface area (TPSA) is 76.6 Å². The number of rotatable bonds is 6. The smallest absolute Gasteiger partial charge is 0.195 e. The van der Waals surface area contributed by atoms with E-state index in [4.69, 9.17) is 4.74 Å². The lowest BCUT2D eigenvalue weighted by Crippen LogP contribution is -2.42. The van der Waals surface area contributed by atoms with E-state index in [1.807, 2.05) is 4.90 Å². The number of aromatic nitrogens is 1. The van der Waals surface area contributed by atoms with Crippen LogP contribution >= 0.6 is 12.4 Å². The molecule has 0 atom stereocenters. The predicted molar refractivity (Wildman–Crippen MR) is 135 cm³/mol. The number of ketones is 1. The summed E-state index contributed by atoms with van der Waals surface area (Å²) in [5, 5.41) is 0. The van der Waals surface area contributed by atoms with Gasteiger partial charge in [-0.05, 0) is 47.5 Å². The number of hydrogen-bond acceptors (Lipinski definition) is 6. The van der Waals surface area contributed by atoms with Crippen molar-refractivity contribution in [2.45, 2.75) is 0 Å². The van der Waals surface area contributed by atoms with Gasteiger partial charge in [-0.15, -0.1) is 12.4 Å². The molecule has 5 rings (SSSR count). The largest absolute Gasteiger partial charge is 0.492 e. The molecule has 1 aliphatic carbocycles. The number of ether oxygens (including phenoxy) is 1. The van der Waals surface area contributed by atoms with Gasteiger partial charge in [0.1, 0.15) is 24.0 Å². The number of hydrogen-bond donors (Lipinski definition) is 0. The van der Waals surface area contributed by atoms with Gasteiger partial charge in [0.05, 0.1) is 11.5 Å². The second-order valence-electron chi connectivity index (χ2n) is 8.53. The van der Waals surface area contributed by atoms with Crippen LogP contribution in [-0.4, -0.2) is 61.8 Å². The van der Waals surface area contributed by atoms with Gasteiger partial charge in [-0.3, -0.25) is 14.7 Å². The average Bonchev–Trinajstić information content (AvgIpc) is 3.12. The quantitative estimate of drug-likeness (QED) is 0.477. The molecule has 1 aromatic heterocycles. The van der Waals surface area contributed by atoms with Crippen LogP contribution in [0, 0.1) is 11.6 Å². The van der Waals surface area contributed by atoms with Crippen molar-refractivity contribution in [3.8, 4) is 5.75 Å². The fourth-order valence-corrected chi connectivity index (χ4v) is 5.73. The first kappa shape index (κ1) is 25.9. The minimum Gasteiger partial charge on any atom is -0.492 e. The maximum atomic E-state index is 14.1. The third-order valence-corrected chi connectivity index (χ3v) is 7.81. The second-order valence-corrected chi connectivity index (χ2v) is 10.8. The molecule has 1 saturated heterocycles. The van der Waals surface area contributed by atoms with Gasteiger partial charge in [-0.25, -0.2) is 17.2 Å². The van der Waals surface area contributed by atoms with Crippen LogP contribution in [0.2, 0.25) is 0 Å². The third kappa shape index (κ3) is 5.33. The molecule has 2 heterocycles. The van der Waals surface area contributed by atoms with Crippen molar-refractivity contribution in [3.63, 3.8) is 0 Å². The molecule has 1 aliphatic heterocycles. The number of nitrogens with zero attached hydrogens (tertiary/aromatic N) is 2. The van der Waals surface area contributed by atoms with E-state index < -0.39 is 21.5 Å². The molecule has 1 fully saturated rings. The number of benzene rings is 2. The molecular weight excluding hydrogens is 510 g/mol. The normalized spacial score (nSPS) is 17.0. The summed E-state index contributed by atoms with van der Waals surface area (Å²) in [6.45, 7) is 1.84. The number of halogens is 3. The Hall–Kier alpha value is -3.14. The number of Topliss-reactive ketones (excluding diaryl/α,β-unsaturated/α-hetero) is 1. The number of carbonyl (C=O) groups excluding carboxylic acids is 1. The number of fused-ring (bicyclic) bond motifs is 1. The van der Waals surface area contributed by atoms with Gasteiger partial charge in [0.2, 0.25) is 0 Å². The van der Waals surface area contributed by atoms with E-state index in [0.29, 0.717) is 59.8 Å². The van der Waals surface area contributed by atoms with Crippen LogP contribution < -0.4 is 4.74 Å². The van der Waals surface area contributed by atoms with Crippen LogP contribution in [0.5, 0.6) is 5.75 Å². The molecule has 10 heteroatoms. The maximum absolute atomic E-state index is 14.1. The molecule has 6 nitrogen and oxygen atoms in total. The number of allylic oxidation sites excluding steroid dienone is 1. The Morgan fingerprint density at radius 3 is 2.31 bits per heavy atom. The Morgan fingerprint density at radius 1 is 0.917 bits per heavy atom. The SMILES string of the molecule is Cl.O=C1C(c2cccnc2)=C(c2cc(F)cc(F)c2)c2ccc(OCCN3CCS(=O)(=O)CC3)cc21. The minimum absolute atomic E-state index is 0. The summed E-state index contributed by atoms with van der Waals surface area (Å²) in [7, 11) is -2.94. The monoisotopic (exact) mass is 532 g/mol. The predicted octanol–water partition coefficient (Wildman–Crippen LogP) is 4.05. The van der Waals surface area contributed by atoms with Crippen LogP contribution in [0.4, 0.5) is 8.78 Å². The van der Waals surface area contributed by atoms with Crippen molar-refractivity contribution in [2.24, 2.45) is 0 Å². The van der Waals surface area contributed by atoms with E-state index in [2.05, 4.69) is 4.98 Å². The van der Waals surface area contributed by atoms with E-state index in [-0.39, 0.29) is 35.3 Å². The van der Waals surface area contributed by atoms with Gasteiger partial charge in [-0.1, -0.05) is 6.07 Å². The van der Waals surface area contributed by atoms with Crippen molar-refractivity contribution in [3.05, 3.63) is 94.8 Å². The fraction of sp³-hybridized carbons (Fsp3) is 0.231. The van der Waals surface area contributed by atoms with Crippen LogP contribution in [0.1, 0.15) is 27.0 Å². The molecule has 0 saturated carbocycles. The van der Waals surface area contributed by atoms with Crippen LogP contribution in [0.3, 0.4) is 0 Å². The molecule has 2 aliphatic rings. The highest BCUT2D eigenvalue weighted by Crippen LogP contribution is 2.43. The highest BCUT2D eigenvalue weighted by atomic mass is 35.5. The Balaban J connectivity index is 0.00000304. The molecule has 0 amide bonds. The van der Waals surface area contributed by atoms with Gasteiger partial charge in [-0.2, -0.15) is 0 Å². The van der Waals surface area contributed by atoms with E-state index in [1.54, 1.807) is 42.7 Å².